The van der Waals surface area contributed by atoms with Gasteiger partial charge in [-0.15, -0.1) is 0 Å². The first-order valence-corrected chi connectivity index (χ1v) is 9.54. The third kappa shape index (κ3) is 3.62. The number of sulfonamides is 1. The van der Waals surface area contributed by atoms with E-state index in [2.05, 4.69) is 10.3 Å². The maximum Gasteiger partial charge on any atom is 0.257 e. The van der Waals surface area contributed by atoms with Crippen LogP contribution < -0.4 is 10.1 Å². The predicted molar refractivity (Wildman–Crippen MR) is 104 cm³/mol. The molecule has 0 atom stereocenters. The number of para-hydroxylation sites is 1. The topological polar surface area (TPSA) is 88.6 Å². The number of pyridine rings is 1. The molecule has 0 fully saturated rings. The van der Waals surface area contributed by atoms with Gasteiger partial charge in [0, 0.05) is 25.7 Å². The summed E-state index contributed by atoms with van der Waals surface area (Å²) >= 11 is 0. The van der Waals surface area contributed by atoms with Gasteiger partial charge < -0.3 is 10.1 Å². The zero-order valence-corrected chi connectivity index (χ0v) is 15.9. The van der Waals surface area contributed by atoms with Crippen molar-refractivity contribution in [3.63, 3.8) is 0 Å². The van der Waals surface area contributed by atoms with Gasteiger partial charge in [0.15, 0.2) is 0 Å². The van der Waals surface area contributed by atoms with Crippen molar-refractivity contribution in [3.05, 3.63) is 60.3 Å². The van der Waals surface area contributed by atoms with Crippen molar-refractivity contribution in [2.75, 3.05) is 26.5 Å². The van der Waals surface area contributed by atoms with Crippen molar-refractivity contribution >= 4 is 32.5 Å². The van der Waals surface area contributed by atoms with E-state index >= 15 is 0 Å². The number of ether oxygens (including phenoxy) is 1. The number of hydrogen-bond acceptors (Lipinski definition) is 5. The zero-order valence-electron chi connectivity index (χ0n) is 15.1. The van der Waals surface area contributed by atoms with Gasteiger partial charge in [-0.25, -0.2) is 12.7 Å². The fourth-order valence-electron chi connectivity index (χ4n) is 2.63. The molecule has 0 aliphatic rings. The first-order chi connectivity index (χ1) is 12.8. The van der Waals surface area contributed by atoms with E-state index in [-0.39, 0.29) is 10.6 Å². The Morgan fingerprint density at radius 3 is 2.56 bits per heavy atom. The number of benzene rings is 2. The number of nitrogens with zero attached hydrogens (tertiary/aromatic N) is 2. The molecule has 140 valence electrons. The molecule has 1 amide bonds. The summed E-state index contributed by atoms with van der Waals surface area (Å²) in [6.07, 6.45) is 1.62. The lowest BCUT2D eigenvalue weighted by Crippen LogP contribution is -2.22. The van der Waals surface area contributed by atoms with E-state index in [0.29, 0.717) is 16.8 Å². The average molecular weight is 385 g/mol. The summed E-state index contributed by atoms with van der Waals surface area (Å²) in [6, 6.07) is 13.3. The second kappa shape index (κ2) is 7.34. The number of rotatable bonds is 5. The number of amides is 1. The van der Waals surface area contributed by atoms with Gasteiger partial charge in [-0.1, -0.05) is 18.2 Å². The number of aromatic nitrogens is 1. The predicted octanol–water partition coefficient (Wildman–Crippen LogP) is 2.75. The molecule has 0 saturated carbocycles. The highest BCUT2D eigenvalue weighted by molar-refractivity contribution is 7.89. The zero-order chi connectivity index (χ0) is 19.6. The number of methoxy groups -OCH3 is 1. The minimum absolute atomic E-state index is 0.0552. The molecule has 0 spiro atoms. The summed E-state index contributed by atoms with van der Waals surface area (Å²) in [5.41, 5.74) is 1.21. The van der Waals surface area contributed by atoms with Crippen LogP contribution in [0.1, 0.15) is 10.4 Å². The normalized spacial score (nSPS) is 11.6. The molecule has 1 aromatic heterocycles. The lowest BCUT2D eigenvalue weighted by molar-refractivity contribution is 0.102. The molecular formula is C19H19N3O4S. The summed E-state index contributed by atoms with van der Waals surface area (Å²) in [7, 11) is 0.692. The molecule has 3 rings (SSSR count). The number of hydrogen-bond donors (Lipinski definition) is 1. The Bertz CT molecular complexity index is 1110. The van der Waals surface area contributed by atoms with E-state index in [4.69, 9.17) is 4.74 Å². The third-order valence-electron chi connectivity index (χ3n) is 4.08. The second-order valence-electron chi connectivity index (χ2n) is 5.98. The largest absolute Gasteiger partial charge is 0.495 e. The van der Waals surface area contributed by atoms with Gasteiger partial charge in [0.05, 0.1) is 28.8 Å². The number of carbonyl (C=O) groups excluding carboxylic acids is 1. The van der Waals surface area contributed by atoms with Crippen LogP contribution in [0.15, 0.2) is 59.6 Å². The highest BCUT2D eigenvalue weighted by Gasteiger charge is 2.20. The van der Waals surface area contributed by atoms with E-state index in [0.717, 1.165) is 9.69 Å². The number of anilines is 1. The van der Waals surface area contributed by atoms with E-state index < -0.39 is 15.9 Å². The maximum atomic E-state index is 12.8. The smallest absolute Gasteiger partial charge is 0.257 e. The Balaban J connectivity index is 2.02. The average Bonchev–Trinajstić information content (AvgIpc) is 2.67. The summed E-state index contributed by atoms with van der Waals surface area (Å²) < 4.78 is 31.1. The molecule has 27 heavy (non-hydrogen) atoms. The molecule has 0 radical (unpaired) electrons. The van der Waals surface area contributed by atoms with E-state index in [1.165, 1.54) is 39.4 Å². The molecule has 0 bridgehead atoms. The van der Waals surface area contributed by atoms with E-state index in [1.54, 1.807) is 24.4 Å². The fraction of sp³-hybridized carbons (Fsp3) is 0.158. The summed E-state index contributed by atoms with van der Waals surface area (Å²) in [6.45, 7) is 0. The van der Waals surface area contributed by atoms with E-state index in [1.807, 2.05) is 12.1 Å². The molecule has 0 aliphatic carbocycles. The van der Waals surface area contributed by atoms with Crippen LogP contribution in [0, 0.1) is 0 Å². The Hall–Kier alpha value is -2.97. The van der Waals surface area contributed by atoms with Crippen molar-refractivity contribution in [3.8, 4) is 5.75 Å². The maximum absolute atomic E-state index is 12.8. The van der Waals surface area contributed by atoms with E-state index in [9.17, 15) is 13.2 Å². The van der Waals surface area contributed by atoms with Crippen molar-refractivity contribution in [1.82, 2.24) is 9.29 Å². The Morgan fingerprint density at radius 2 is 1.85 bits per heavy atom. The van der Waals surface area contributed by atoms with Gasteiger partial charge in [-0.05, 0) is 30.3 Å². The third-order valence-corrected chi connectivity index (χ3v) is 5.89. The molecule has 0 unspecified atom stereocenters. The van der Waals surface area contributed by atoms with Crippen LogP contribution >= 0.6 is 0 Å². The molecular weight excluding hydrogens is 366 g/mol. The number of fused-ring (bicyclic) bond motifs is 1. The Kier molecular flexibility index (Phi) is 5.11. The minimum Gasteiger partial charge on any atom is -0.495 e. The van der Waals surface area contributed by atoms with Crippen molar-refractivity contribution in [1.29, 1.82) is 0 Å². The molecule has 2 aromatic carbocycles. The van der Waals surface area contributed by atoms with Crippen LogP contribution in [0.2, 0.25) is 0 Å². The van der Waals surface area contributed by atoms with Gasteiger partial charge in [0.2, 0.25) is 10.0 Å². The molecule has 0 aliphatic heterocycles. The molecule has 3 aromatic rings. The summed E-state index contributed by atoms with van der Waals surface area (Å²) in [5.74, 6) is -0.0498. The highest BCUT2D eigenvalue weighted by atomic mass is 32.2. The van der Waals surface area contributed by atoms with Crippen molar-refractivity contribution < 1.29 is 17.9 Å². The standard InChI is InChI=1S/C19H19N3O4S/c1-22(2)27(24,25)14-9-10-17(26-3)16(12-14)21-19(23)15-8-4-6-13-7-5-11-20-18(13)15/h4-12H,1-3H3,(H,21,23). The van der Waals surface area contributed by atoms with Crippen molar-refractivity contribution in [2.45, 2.75) is 4.90 Å². The Morgan fingerprint density at radius 1 is 1.11 bits per heavy atom. The monoisotopic (exact) mass is 385 g/mol. The highest BCUT2D eigenvalue weighted by Crippen LogP contribution is 2.29. The molecule has 1 N–H and O–H groups in total. The van der Waals surface area contributed by atoms with Gasteiger partial charge in [-0.3, -0.25) is 9.78 Å². The van der Waals surface area contributed by atoms with Crippen LogP contribution in [-0.4, -0.2) is 44.8 Å². The molecule has 7 nitrogen and oxygen atoms in total. The SMILES string of the molecule is COc1ccc(S(=O)(=O)N(C)C)cc1NC(=O)c1cccc2cccnc12. The second-order valence-corrected chi connectivity index (χ2v) is 8.14. The first-order valence-electron chi connectivity index (χ1n) is 8.10. The Labute approximate surface area is 157 Å². The number of nitrogens with one attached hydrogen (secondary N) is 1. The van der Waals surface area contributed by atoms with Gasteiger partial charge >= 0.3 is 0 Å². The quantitative estimate of drug-likeness (QED) is 0.730. The van der Waals surface area contributed by atoms with Gasteiger partial charge in [0.25, 0.3) is 5.91 Å². The lowest BCUT2D eigenvalue weighted by Gasteiger charge is -2.15. The fourth-order valence-corrected chi connectivity index (χ4v) is 3.56. The molecule has 1 heterocycles. The van der Waals surface area contributed by atoms with Crippen LogP contribution in [0.4, 0.5) is 5.69 Å². The van der Waals surface area contributed by atoms with Crippen LogP contribution in [0.5, 0.6) is 5.75 Å². The first kappa shape index (κ1) is 18.8. The van der Waals surface area contributed by atoms with Crippen LogP contribution in [0.25, 0.3) is 10.9 Å². The molecule has 0 saturated heterocycles. The van der Waals surface area contributed by atoms with Gasteiger partial charge in [0.1, 0.15) is 5.75 Å². The summed E-state index contributed by atoms with van der Waals surface area (Å²) in [5, 5.41) is 3.57. The van der Waals surface area contributed by atoms with Crippen molar-refractivity contribution in [2.24, 2.45) is 0 Å². The minimum atomic E-state index is -3.65. The lowest BCUT2D eigenvalue weighted by atomic mass is 10.1. The molecule has 8 heteroatoms. The summed E-state index contributed by atoms with van der Waals surface area (Å²) in [4.78, 5) is 17.2. The van der Waals surface area contributed by atoms with Crippen LogP contribution in [0.3, 0.4) is 0 Å². The van der Waals surface area contributed by atoms with Gasteiger partial charge in [-0.2, -0.15) is 0 Å². The van der Waals surface area contributed by atoms with Crippen LogP contribution in [-0.2, 0) is 10.0 Å². The number of carbonyl (C=O) groups is 1.